The Balaban J connectivity index is 1.95. The smallest absolute Gasteiger partial charge is 0.116 e. The number of aromatic nitrogens is 1. The van der Waals surface area contributed by atoms with Crippen molar-refractivity contribution >= 4 is 131 Å². The molecule has 14 radical (unpaired) electrons. The Morgan fingerprint density at radius 3 is 1.58 bits per heavy atom. The third kappa shape index (κ3) is 3.23. The van der Waals surface area contributed by atoms with Crippen molar-refractivity contribution in [1.82, 2.24) is 4.57 Å². The Bertz CT molecular complexity index is 1500. The number of fused-ring (bicyclic) bond motifs is 3. The molecule has 0 aliphatic carbocycles. The molecular weight excluding hydrogens is 458 g/mol. The number of benzene rings is 4. The fourth-order valence-electron chi connectivity index (χ4n) is 4.35. The van der Waals surface area contributed by atoms with E-state index in [1.807, 2.05) is 47.0 Å². The Kier molecular flexibility index (Phi) is 5.52. The molecule has 0 atom stereocenters. The van der Waals surface area contributed by atoms with Crippen LogP contribution in [0.5, 0.6) is 0 Å². The summed E-state index contributed by atoms with van der Waals surface area (Å²) in [5.41, 5.74) is 6.12. The van der Waals surface area contributed by atoms with Crippen LogP contribution in [0.15, 0.2) is 59.1 Å². The van der Waals surface area contributed by atoms with Crippen molar-refractivity contribution < 1.29 is 0 Å². The third-order valence-corrected chi connectivity index (χ3v) is 6.94. The van der Waals surface area contributed by atoms with Gasteiger partial charge in [-0.3, -0.25) is 0 Å². The summed E-state index contributed by atoms with van der Waals surface area (Å²) in [6.45, 7) is 0. The molecule has 33 heavy (non-hydrogen) atoms. The van der Waals surface area contributed by atoms with Gasteiger partial charge in [0.25, 0.3) is 0 Å². The van der Waals surface area contributed by atoms with Gasteiger partial charge in [0.1, 0.15) is 54.9 Å². The first kappa shape index (κ1) is 22.4. The van der Waals surface area contributed by atoms with Gasteiger partial charge in [-0.05, 0) is 28.6 Å². The van der Waals surface area contributed by atoms with Crippen molar-refractivity contribution in [2.45, 2.75) is 0 Å². The monoisotopic (exact) mass is 467 g/mol. The first-order valence-electron chi connectivity index (χ1n) is 10.1. The van der Waals surface area contributed by atoms with Crippen LogP contribution in [0.3, 0.4) is 0 Å². The Labute approximate surface area is 210 Å². The first-order chi connectivity index (χ1) is 15.7. The topological polar surface area (TPSA) is 4.93 Å². The molecule has 0 fully saturated rings. The maximum absolute atomic E-state index is 6.51. The zero-order valence-corrected chi connectivity index (χ0v) is 19.1. The maximum atomic E-state index is 6.51. The predicted octanol–water partition coefficient (Wildman–Crippen LogP) is -1.23. The van der Waals surface area contributed by atoms with Crippen LogP contribution in [0.1, 0.15) is 0 Å². The summed E-state index contributed by atoms with van der Waals surface area (Å²) < 4.78 is 2.37. The van der Waals surface area contributed by atoms with E-state index in [1.165, 1.54) is 0 Å². The van der Waals surface area contributed by atoms with Gasteiger partial charge in [-0.1, -0.05) is 85.7 Å². The van der Waals surface area contributed by atoms with Gasteiger partial charge in [0.15, 0.2) is 0 Å². The molecule has 1 heterocycles. The second kappa shape index (κ2) is 8.13. The third-order valence-electron chi connectivity index (χ3n) is 6.09. The van der Waals surface area contributed by atoms with Crippen LogP contribution < -0.4 is 38.2 Å². The molecule has 5 rings (SSSR count). The minimum absolute atomic E-state index is 0.199. The molecule has 0 amide bonds. The van der Waals surface area contributed by atoms with Gasteiger partial charge in [0.05, 0.1) is 0 Å². The van der Waals surface area contributed by atoms with E-state index in [4.69, 9.17) is 54.9 Å². The predicted molar refractivity (Wildman–Crippen MR) is 152 cm³/mol. The highest BCUT2D eigenvalue weighted by atomic mass is 79.9. The molecule has 0 spiro atoms. The quantitative estimate of drug-likeness (QED) is 0.287. The Morgan fingerprint density at radius 2 is 0.970 bits per heavy atom. The molecule has 1 aromatic heterocycles. The molecule has 5 aromatic rings. The van der Waals surface area contributed by atoms with E-state index in [2.05, 4.69) is 28.1 Å². The van der Waals surface area contributed by atoms with Crippen LogP contribution in [0.4, 0.5) is 0 Å². The lowest BCUT2D eigenvalue weighted by atomic mass is 9.65. The molecule has 0 N–H and O–H groups in total. The summed E-state index contributed by atoms with van der Waals surface area (Å²) in [5.74, 6) is 0. The Hall–Kier alpha value is -2.39. The highest BCUT2D eigenvalue weighted by Gasteiger charge is 2.22. The number of hydrogen-bond donors (Lipinski definition) is 0. The Morgan fingerprint density at radius 1 is 0.485 bits per heavy atom. The van der Waals surface area contributed by atoms with E-state index in [0.29, 0.717) is 42.7 Å². The van der Waals surface area contributed by atoms with E-state index in [-0.39, 0.29) is 21.9 Å². The molecular formula is C24H9B7BrN. The summed E-state index contributed by atoms with van der Waals surface area (Å²) in [5, 5.41) is 1.18. The summed E-state index contributed by atoms with van der Waals surface area (Å²) >= 11 is 3.45. The highest BCUT2D eigenvalue weighted by molar-refractivity contribution is 9.10. The van der Waals surface area contributed by atoms with Crippen molar-refractivity contribution in [2.24, 2.45) is 0 Å². The second-order valence-electron chi connectivity index (χ2n) is 7.91. The molecule has 4 aromatic carbocycles. The fourth-order valence-corrected chi connectivity index (χ4v) is 4.76. The zero-order valence-electron chi connectivity index (χ0n) is 17.6. The van der Waals surface area contributed by atoms with Gasteiger partial charge in [0, 0.05) is 26.6 Å². The van der Waals surface area contributed by atoms with Crippen molar-refractivity contribution in [3.8, 4) is 16.8 Å². The van der Waals surface area contributed by atoms with E-state index in [1.54, 1.807) is 0 Å². The lowest BCUT2D eigenvalue weighted by Gasteiger charge is -2.17. The van der Waals surface area contributed by atoms with Gasteiger partial charge in [-0.2, -0.15) is 0 Å². The summed E-state index contributed by atoms with van der Waals surface area (Å²) in [6.07, 6.45) is 0. The standard InChI is InChI=1S/C24H9B7BrN/c25-15-13-14-16(26)22(32)19(29)21(31)24(14)33(23(13)20(30)18(28)17(15)27)12-8-6-11(7-9-12)10-4-2-1-3-5-10/h1-9H. The van der Waals surface area contributed by atoms with Gasteiger partial charge in [-0.25, -0.2) is 0 Å². The molecule has 0 aliphatic rings. The van der Waals surface area contributed by atoms with E-state index < -0.39 is 0 Å². The molecule has 138 valence electrons. The van der Waals surface area contributed by atoms with E-state index in [0.717, 1.165) is 16.8 Å². The van der Waals surface area contributed by atoms with Crippen molar-refractivity contribution in [1.29, 1.82) is 0 Å². The van der Waals surface area contributed by atoms with E-state index in [9.17, 15) is 0 Å². The number of rotatable bonds is 2. The molecule has 0 saturated carbocycles. The minimum atomic E-state index is 0.199. The van der Waals surface area contributed by atoms with Crippen molar-refractivity contribution in [3.63, 3.8) is 0 Å². The fraction of sp³-hybridized carbons (Fsp3) is 0. The summed E-state index contributed by atoms with van der Waals surface area (Å²) in [6, 6.07) is 18.1. The van der Waals surface area contributed by atoms with Crippen molar-refractivity contribution in [3.05, 3.63) is 59.1 Å². The highest BCUT2D eigenvalue weighted by Crippen LogP contribution is 2.29. The van der Waals surface area contributed by atoms with Crippen LogP contribution in [0, 0.1) is 0 Å². The van der Waals surface area contributed by atoms with Crippen LogP contribution in [0.25, 0.3) is 38.6 Å². The van der Waals surface area contributed by atoms with Crippen LogP contribution in [0.2, 0.25) is 0 Å². The average Bonchev–Trinajstić information content (AvgIpc) is 3.20. The van der Waals surface area contributed by atoms with Gasteiger partial charge < -0.3 is 4.57 Å². The maximum Gasteiger partial charge on any atom is 0.116 e. The largest absolute Gasteiger partial charge is 0.311 e. The molecule has 9 heteroatoms. The van der Waals surface area contributed by atoms with Crippen LogP contribution >= 0.6 is 15.9 Å². The molecule has 0 unspecified atom stereocenters. The normalized spacial score (nSPS) is 11.4. The van der Waals surface area contributed by atoms with Gasteiger partial charge >= 0.3 is 0 Å². The molecule has 0 aliphatic heterocycles. The minimum Gasteiger partial charge on any atom is -0.311 e. The van der Waals surface area contributed by atoms with E-state index >= 15 is 0 Å². The average molecular weight is 467 g/mol. The number of halogens is 1. The second-order valence-corrected chi connectivity index (χ2v) is 8.70. The number of nitrogens with zero attached hydrogens (tertiary/aromatic N) is 1. The summed E-state index contributed by atoms with van der Waals surface area (Å²) in [4.78, 5) is 0. The van der Waals surface area contributed by atoms with Crippen molar-refractivity contribution in [2.75, 3.05) is 0 Å². The molecule has 0 saturated heterocycles. The first-order valence-corrected chi connectivity index (χ1v) is 10.9. The molecule has 1 nitrogen and oxygen atoms in total. The SMILES string of the molecule is [B]c1c([B])c([B])c2c(c1[B])c1c([B])c(Br)c([B])c([B])c1n2-c1ccc(-c2ccccc2)cc1. The lowest BCUT2D eigenvalue weighted by Crippen LogP contribution is -2.48. The number of hydrogen-bond acceptors (Lipinski definition) is 0. The summed E-state index contributed by atoms with van der Waals surface area (Å²) in [7, 11) is 44.6. The van der Waals surface area contributed by atoms with Crippen LogP contribution in [-0.4, -0.2) is 59.5 Å². The van der Waals surface area contributed by atoms with Gasteiger partial charge in [-0.15, -0.1) is 10.9 Å². The van der Waals surface area contributed by atoms with Crippen LogP contribution in [-0.2, 0) is 0 Å². The lowest BCUT2D eigenvalue weighted by molar-refractivity contribution is 1.19. The zero-order chi connectivity index (χ0) is 23.6. The van der Waals surface area contributed by atoms with Gasteiger partial charge in [0.2, 0.25) is 0 Å². The molecule has 0 bridgehead atoms.